The van der Waals surface area contributed by atoms with Crippen LogP contribution in [0.1, 0.15) is 25.7 Å². The summed E-state index contributed by atoms with van der Waals surface area (Å²) < 4.78 is 5.97. The van der Waals surface area contributed by atoms with Gasteiger partial charge in [0.2, 0.25) is 0 Å². The number of rotatable bonds is 2. The first-order valence-corrected chi connectivity index (χ1v) is 6.50. The first kappa shape index (κ1) is 10.7. The van der Waals surface area contributed by atoms with E-state index in [0.29, 0.717) is 6.04 Å². The summed E-state index contributed by atoms with van der Waals surface area (Å²) in [6.45, 7) is 0.881. The number of hydrogen-bond acceptors (Lipinski definition) is 4. The third-order valence-electron chi connectivity index (χ3n) is 3.18. The van der Waals surface area contributed by atoms with Crippen molar-refractivity contribution in [3.05, 3.63) is 0 Å². The zero-order valence-corrected chi connectivity index (χ0v) is 9.57. The summed E-state index contributed by atoms with van der Waals surface area (Å²) in [5.41, 5.74) is 3.24. The van der Waals surface area contributed by atoms with E-state index >= 15 is 0 Å². The van der Waals surface area contributed by atoms with Gasteiger partial charge in [-0.3, -0.25) is 0 Å². The summed E-state index contributed by atoms with van der Waals surface area (Å²) in [5, 5.41) is 0. The second-order valence-electron chi connectivity index (χ2n) is 4.16. The van der Waals surface area contributed by atoms with Gasteiger partial charge in [-0.1, -0.05) is 0 Å². The molecule has 0 saturated carbocycles. The van der Waals surface area contributed by atoms with Gasteiger partial charge in [-0.05, 0) is 37.2 Å². The molecule has 0 amide bonds. The average molecular weight is 217 g/mol. The summed E-state index contributed by atoms with van der Waals surface area (Å²) in [5.74, 6) is 2.50. The number of hydrogen-bond donors (Lipinski definition) is 1. The number of nitrogens with one attached hydrogen (secondary N) is 1. The van der Waals surface area contributed by atoms with E-state index in [-0.39, 0.29) is 5.60 Å². The molecule has 4 heteroatoms. The Morgan fingerprint density at radius 2 is 2.21 bits per heavy atom. The summed E-state index contributed by atoms with van der Waals surface area (Å²) in [4.78, 5) is 5.00. The Kier molecular flexibility index (Phi) is 3.71. The molecule has 2 fully saturated rings. The van der Waals surface area contributed by atoms with Gasteiger partial charge in [0, 0.05) is 12.6 Å². The molecule has 1 unspecified atom stereocenters. The lowest BCUT2D eigenvalue weighted by Gasteiger charge is -2.43. The minimum atomic E-state index is 0.166. The lowest BCUT2D eigenvalue weighted by Crippen LogP contribution is -2.48. The molecule has 82 valence electrons. The highest BCUT2D eigenvalue weighted by Crippen LogP contribution is 2.37. The highest BCUT2D eigenvalue weighted by Gasteiger charge is 2.38. The van der Waals surface area contributed by atoms with Crippen molar-refractivity contribution in [1.29, 1.82) is 0 Å². The van der Waals surface area contributed by atoms with Gasteiger partial charge in [-0.25, -0.2) is 0 Å². The van der Waals surface area contributed by atoms with E-state index < -0.39 is 0 Å². The molecule has 2 heterocycles. The molecule has 3 nitrogen and oxygen atoms in total. The maximum absolute atomic E-state index is 5.97. The predicted molar refractivity (Wildman–Crippen MR) is 58.4 cm³/mol. The van der Waals surface area contributed by atoms with Crippen molar-refractivity contribution in [1.82, 2.24) is 5.48 Å². The average Bonchev–Trinajstić information content (AvgIpc) is 2.19. The van der Waals surface area contributed by atoms with Crippen molar-refractivity contribution < 1.29 is 9.57 Å². The van der Waals surface area contributed by atoms with Crippen molar-refractivity contribution >= 4 is 11.8 Å². The number of hydroxylamine groups is 1. The van der Waals surface area contributed by atoms with Crippen LogP contribution in [0.3, 0.4) is 0 Å². The molecule has 2 aliphatic heterocycles. The van der Waals surface area contributed by atoms with Crippen molar-refractivity contribution in [3.63, 3.8) is 0 Å². The van der Waals surface area contributed by atoms with Crippen LogP contribution >= 0.6 is 11.8 Å². The fourth-order valence-corrected chi connectivity index (χ4v) is 3.62. The van der Waals surface area contributed by atoms with Crippen molar-refractivity contribution in [2.45, 2.75) is 37.3 Å². The second-order valence-corrected chi connectivity index (χ2v) is 5.38. The van der Waals surface area contributed by atoms with E-state index in [1.807, 2.05) is 11.8 Å². The van der Waals surface area contributed by atoms with Crippen LogP contribution in [0.2, 0.25) is 0 Å². The van der Waals surface area contributed by atoms with Crippen LogP contribution in [0.5, 0.6) is 0 Å². The molecule has 14 heavy (non-hydrogen) atoms. The maximum Gasteiger partial charge on any atom is 0.0714 e. The molecule has 0 aliphatic carbocycles. The number of thioether (sulfide) groups is 1. The standard InChI is InChI=1S/C10H19NO2S/c1-12-11-9-2-5-13-10(8-9)3-6-14-7-4-10/h9,11H,2-8H2,1H3. The largest absolute Gasteiger partial charge is 0.375 e. The minimum Gasteiger partial charge on any atom is -0.375 e. The van der Waals surface area contributed by atoms with E-state index in [2.05, 4.69) is 5.48 Å². The number of ether oxygens (including phenoxy) is 1. The maximum atomic E-state index is 5.97. The van der Waals surface area contributed by atoms with Crippen LogP contribution in [0.15, 0.2) is 0 Å². The summed E-state index contributed by atoms with van der Waals surface area (Å²) in [6.07, 6.45) is 4.60. The van der Waals surface area contributed by atoms with Crippen LogP contribution < -0.4 is 5.48 Å². The normalized spacial score (nSPS) is 31.9. The Balaban J connectivity index is 1.91. The Morgan fingerprint density at radius 3 is 2.93 bits per heavy atom. The first-order chi connectivity index (χ1) is 6.85. The molecule has 0 aromatic heterocycles. The molecule has 0 aromatic carbocycles. The van der Waals surface area contributed by atoms with E-state index in [1.165, 1.54) is 24.3 Å². The first-order valence-electron chi connectivity index (χ1n) is 5.35. The monoisotopic (exact) mass is 217 g/mol. The molecule has 2 rings (SSSR count). The fraction of sp³-hybridized carbons (Fsp3) is 1.00. The second kappa shape index (κ2) is 4.84. The molecular formula is C10H19NO2S. The van der Waals surface area contributed by atoms with Crippen molar-refractivity contribution in [3.8, 4) is 0 Å². The van der Waals surface area contributed by atoms with Gasteiger partial charge >= 0.3 is 0 Å². The molecular weight excluding hydrogens is 198 g/mol. The van der Waals surface area contributed by atoms with Crippen LogP contribution in [-0.2, 0) is 9.57 Å². The summed E-state index contributed by atoms with van der Waals surface area (Å²) in [6, 6.07) is 0.483. The Hall–Kier alpha value is 0.230. The van der Waals surface area contributed by atoms with Crippen molar-refractivity contribution in [2.75, 3.05) is 25.2 Å². The molecule has 0 bridgehead atoms. The highest BCUT2D eigenvalue weighted by atomic mass is 32.2. The van der Waals surface area contributed by atoms with E-state index in [0.717, 1.165) is 19.4 Å². The van der Waals surface area contributed by atoms with Gasteiger partial charge in [0.25, 0.3) is 0 Å². The fourth-order valence-electron chi connectivity index (χ4n) is 2.39. The van der Waals surface area contributed by atoms with Crippen LogP contribution in [0, 0.1) is 0 Å². The van der Waals surface area contributed by atoms with E-state index in [4.69, 9.17) is 9.57 Å². The molecule has 1 spiro atoms. The van der Waals surface area contributed by atoms with Crippen LogP contribution in [-0.4, -0.2) is 36.9 Å². The lowest BCUT2D eigenvalue weighted by molar-refractivity contribution is -0.111. The van der Waals surface area contributed by atoms with Gasteiger partial charge in [0.05, 0.1) is 12.7 Å². The van der Waals surface area contributed by atoms with E-state index in [9.17, 15) is 0 Å². The molecule has 0 radical (unpaired) electrons. The highest BCUT2D eigenvalue weighted by molar-refractivity contribution is 7.99. The van der Waals surface area contributed by atoms with Gasteiger partial charge < -0.3 is 9.57 Å². The van der Waals surface area contributed by atoms with Gasteiger partial charge in [-0.15, -0.1) is 0 Å². The smallest absolute Gasteiger partial charge is 0.0714 e. The van der Waals surface area contributed by atoms with Crippen LogP contribution in [0.25, 0.3) is 0 Å². The topological polar surface area (TPSA) is 30.5 Å². The van der Waals surface area contributed by atoms with E-state index in [1.54, 1.807) is 7.11 Å². The SMILES string of the molecule is CONC1CCOC2(CCSCC2)C1. The minimum absolute atomic E-state index is 0.166. The zero-order chi connectivity index (χ0) is 9.86. The third-order valence-corrected chi connectivity index (χ3v) is 4.17. The Bertz CT molecular complexity index is 175. The molecule has 0 aromatic rings. The van der Waals surface area contributed by atoms with Gasteiger partial charge in [0.1, 0.15) is 0 Å². The Morgan fingerprint density at radius 1 is 1.43 bits per heavy atom. The van der Waals surface area contributed by atoms with Gasteiger partial charge in [-0.2, -0.15) is 17.2 Å². The Labute approximate surface area is 89.9 Å². The molecule has 2 saturated heterocycles. The molecule has 1 atom stereocenters. The third kappa shape index (κ3) is 2.42. The quantitative estimate of drug-likeness (QED) is 0.711. The lowest BCUT2D eigenvalue weighted by atomic mass is 9.86. The van der Waals surface area contributed by atoms with Crippen LogP contribution in [0.4, 0.5) is 0 Å². The predicted octanol–water partition coefficient (Wildman–Crippen LogP) is 1.58. The molecule has 2 aliphatic rings. The zero-order valence-electron chi connectivity index (χ0n) is 8.75. The summed E-state index contributed by atoms with van der Waals surface area (Å²) in [7, 11) is 1.69. The van der Waals surface area contributed by atoms with Crippen molar-refractivity contribution in [2.24, 2.45) is 0 Å². The molecule has 1 N–H and O–H groups in total. The van der Waals surface area contributed by atoms with Gasteiger partial charge in [0.15, 0.2) is 0 Å². The summed E-state index contributed by atoms with van der Waals surface area (Å²) >= 11 is 2.05.